The maximum atomic E-state index is 11.5. The Morgan fingerprint density at radius 3 is 2.65 bits per heavy atom. The topological polar surface area (TPSA) is 101 Å². The van der Waals surface area contributed by atoms with E-state index >= 15 is 0 Å². The molecule has 0 aliphatic rings. The highest BCUT2D eigenvalue weighted by Crippen LogP contribution is 2.01. The summed E-state index contributed by atoms with van der Waals surface area (Å²) >= 11 is 0. The second-order valence-corrected chi connectivity index (χ2v) is 5.42. The third kappa shape index (κ3) is 6.28. The molecule has 8 heteroatoms. The lowest BCUT2D eigenvalue weighted by molar-refractivity contribution is -0.120. The van der Waals surface area contributed by atoms with Gasteiger partial charge in [0.25, 0.3) is 0 Å². The number of nitrogens with one attached hydrogen (secondary N) is 3. The molecule has 0 aliphatic carbocycles. The highest BCUT2D eigenvalue weighted by Gasteiger charge is 2.12. The maximum Gasteiger partial charge on any atom is 0.321 e. The molecule has 0 spiro atoms. The van der Waals surface area contributed by atoms with Gasteiger partial charge in [-0.2, -0.15) is 0 Å². The van der Waals surface area contributed by atoms with Crippen LogP contribution in [0.3, 0.4) is 0 Å². The van der Waals surface area contributed by atoms with Crippen LogP contribution in [0.5, 0.6) is 0 Å². The number of urea groups is 1. The van der Waals surface area contributed by atoms with Gasteiger partial charge >= 0.3 is 6.03 Å². The van der Waals surface area contributed by atoms with E-state index in [0.29, 0.717) is 13.1 Å². The fourth-order valence-electron chi connectivity index (χ4n) is 1.37. The first-order valence-corrected chi connectivity index (χ1v) is 6.52. The molecule has 0 radical (unpaired) electrons. The van der Waals surface area contributed by atoms with Gasteiger partial charge in [-0.15, -0.1) is 5.10 Å². The van der Waals surface area contributed by atoms with Crippen molar-refractivity contribution in [2.45, 2.75) is 46.3 Å². The largest absolute Gasteiger partial charge is 0.338 e. The minimum atomic E-state index is -0.507. The first kappa shape index (κ1) is 16.1. The van der Waals surface area contributed by atoms with Crippen LogP contribution >= 0.6 is 0 Å². The molecule has 3 N–H and O–H groups in total. The van der Waals surface area contributed by atoms with E-state index in [1.807, 2.05) is 0 Å². The molecule has 0 bridgehead atoms. The van der Waals surface area contributed by atoms with Gasteiger partial charge < -0.3 is 10.6 Å². The molecule has 20 heavy (non-hydrogen) atoms. The van der Waals surface area contributed by atoms with Crippen molar-refractivity contribution in [1.82, 2.24) is 30.9 Å². The molecule has 1 aromatic heterocycles. The van der Waals surface area contributed by atoms with Crippen molar-refractivity contribution < 1.29 is 9.59 Å². The highest BCUT2D eigenvalue weighted by atomic mass is 16.2. The van der Waals surface area contributed by atoms with Gasteiger partial charge in [0.05, 0.1) is 11.9 Å². The Kier molecular flexibility index (Phi) is 5.63. The Bertz CT molecular complexity index is 463. The molecule has 112 valence electrons. The molecule has 8 nitrogen and oxygen atoms in total. The van der Waals surface area contributed by atoms with Gasteiger partial charge in [0, 0.05) is 18.6 Å². The fourth-order valence-corrected chi connectivity index (χ4v) is 1.37. The van der Waals surface area contributed by atoms with Gasteiger partial charge in [0.2, 0.25) is 5.91 Å². The number of rotatable bonds is 5. The SMILES string of the molecule is CCNC(=O)NC(=O)Cn1cc(CNC(C)(C)C)nn1. The summed E-state index contributed by atoms with van der Waals surface area (Å²) in [7, 11) is 0. The molecule has 1 rings (SSSR count). The zero-order valence-electron chi connectivity index (χ0n) is 12.4. The Balaban J connectivity index is 2.43. The molecule has 0 fully saturated rings. The number of imide groups is 1. The smallest absolute Gasteiger partial charge is 0.321 e. The second-order valence-electron chi connectivity index (χ2n) is 5.42. The van der Waals surface area contributed by atoms with Crippen molar-refractivity contribution in [3.63, 3.8) is 0 Å². The summed E-state index contributed by atoms with van der Waals surface area (Å²) < 4.78 is 1.40. The normalized spacial score (nSPS) is 11.2. The number of carbonyl (C=O) groups is 2. The third-order valence-electron chi connectivity index (χ3n) is 2.28. The summed E-state index contributed by atoms with van der Waals surface area (Å²) in [5, 5.41) is 15.8. The van der Waals surface area contributed by atoms with Gasteiger partial charge in [0.15, 0.2) is 0 Å². The lowest BCUT2D eigenvalue weighted by Crippen LogP contribution is -2.40. The summed E-state index contributed by atoms with van der Waals surface area (Å²) in [5.74, 6) is -0.434. The minimum absolute atomic E-state index is 0.0145. The van der Waals surface area contributed by atoms with E-state index < -0.39 is 11.9 Å². The maximum absolute atomic E-state index is 11.5. The molecule has 1 aromatic rings. The lowest BCUT2D eigenvalue weighted by atomic mass is 10.1. The van der Waals surface area contributed by atoms with Gasteiger partial charge in [-0.25, -0.2) is 9.48 Å². The monoisotopic (exact) mass is 282 g/mol. The van der Waals surface area contributed by atoms with E-state index in [2.05, 4.69) is 47.0 Å². The van der Waals surface area contributed by atoms with E-state index in [-0.39, 0.29) is 12.1 Å². The fraction of sp³-hybridized carbons (Fsp3) is 0.667. The summed E-state index contributed by atoms with van der Waals surface area (Å²) in [6.45, 7) is 8.92. The number of aromatic nitrogens is 3. The number of nitrogens with zero attached hydrogens (tertiary/aromatic N) is 3. The van der Waals surface area contributed by atoms with Crippen LogP contribution in [0.15, 0.2) is 6.20 Å². The van der Waals surface area contributed by atoms with Crippen molar-refractivity contribution in [3.8, 4) is 0 Å². The molecular weight excluding hydrogens is 260 g/mol. The molecule has 0 saturated heterocycles. The van der Waals surface area contributed by atoms with Crippen LogP contribution in [-0.2, 0) is 17.9 Å². The molecule has 0 aromatic carbocycles. The predicted octanol–water partition coefficient (Wildman–Crippen LogP) is 0.0119. The predicted molar refractivity (Wildman–Crippen MR) is 73.8 cm³/mol. The van der Waals surface area contributed by atoms with Gasteiger partial charge in [-0.05, 0) is 27.7 Å². The van der Waals surface area contributed by atoms with E-state index in [1.165, 1.54) is 4.68 Å². The first-order chi connectivity index (χ1) is 9.30. The van der Waals surface area contributed by atoms with E-state index in [1.54, 1.807) is 13.1 Å². The van der Waals surface area contributed by atoms with E-state index in [4.69, 9.17) is 0 Å². The van der Waals surface area contributed by atoms with E-state index in [0.717, 1.165) is 5.69 Å². The molecule has 0 unspecified atom stereocenters. The van der Waals surface area contributed by atoms with Crippen LogP contribution in [0.25, 0.3) is 0 Å². The Morgan fingerprint density at radius 2 is 2.05 bits per heavy atom. The number of amides is 3. The van der Waals surface area contributed by atoms with Crippen LogP contribution in [0.2, 0.25) is 0 Å². The third-order valence-corrected chi connectivity index (χ3v) is 2.28. The van der Waals surface area contributed by atoms with Crippen LogP contribution in [0.1, 0.15) is 33.4 Å². The van der Waals surface area contributed by atoms with Crippen molar-refractivity contribution in [2.24, 2.45) is 0 Å². The second kappa shape index (κ2) is 6.99. The molecule has 0 aliphatic heterocycles. The van der Waals surface area contributed by atoms with Crippen molar-refractivity contribution >= 4 is 11.9 Å². The van der Waals surface area contributed by atoms with Crippen LogP contribution < -0.4 is 16.0 Å². The number of hydrogen-bond donors (Lipinski definition) is 3. The van der Waals surface area contributed by atoms with E-state index in [9.17, 15) is 9.59 Å². The Morgan fingerprint density at radius 1 is 1.35 bits per heavy atom. The van der Waals surface area contributed by atoms with Gasteiger partial charge in [0.1, 0.15) is 6.54 Å². The number of hydrogen-bond acceptors (Lipinski definition) is 5. The minimum Gasteiger partial charge on any atom is -0.338 e. The quantitative estimate of drug-likeness (QED) is 0.706. The summed E-state index contributed by atoms with van der Waals surface area (Å²) in [5.41, 5.74) is 0.727. The summed E-state index contributed by atoms with van der Waals surface area (Å²) in [4.78, 5) is 22.7. The van der Waals surface area contributed by atoms with Gasteiger partial charge in [-0.1, -0.05) is 5.21 Å². The Hall–Kier alpha value is -1.96. The van der Waals surface area contributed by atoms with Crippen molar-refractivity contribution in [2.75, 3.05) is 6.54 Å². The summed E-state index contributed by atoms with van der Waals surface area (Å²) in [6, 6.07) is -0.507. The molecule has 1 heterocycles. The van der Waals surface area contributed by atoms with Crippen molar-refractivity contribution in [3.05, 3.63) is 11.9 Å². The molecular formula is C12H22N6O2. The molecule has 0 saturated carbocycles. The van der Waals surface area contributed by atoms with Crippen LogP contribution in [0.4, 0.5) is 4.79 Å². The van der Waals surface area contributed by atoms with Crippen molar-refractivity contribution in [1.29, 1.82) is 0 Å². The Labute approximate surface area is 118 Å². The lowest BCUT2D eigenvalue weighted by Gasteiger charge is -2.19. The average Bonchev–Trinajstić information content (AvgIpc) is 2.73. The highest BCUT2D eigenvalue weighted by molar-refractivity contribution is 5.94. The zero-order chi connectivity index (χ0) is 15.2. The van der Waals surface area contributed by atoms with Crippen LogP contribution in [0, 0.1) is 0 Å². The standard InChI is InChI=1S/C12H22N6O2/c1-5-13-11(20)15-10(19)8-18-7-9(16-17-18)6-14-12(2,3)4/h7,14H,5-6,8H2,1-4H3,(H2,13,15,19,20). The van der Waals surface area contributed by atoms with Gasteiger partial charge in [-0.3, -0.25) is 10.1 Å². The zero-order valence-corrected chi connectivity index (χ0v) is 12.4. The molecule has 0 atom stereocenters. The first-order valence-electron chi connectivity index (χ1n) is 6.52. The van der Waals surface area contributed by atoms with Crippen LogP contribution in [-0.4, -0.2) is 39.0 Å². The number of carbonyl (C=O) groups excluding carboxylic acids is 2. The molecule has 3 amide bonds. The average molecular weight is 282 g/mol. The summed E-state index contributed by atoms with van der Waals surface area (Å²) in [6.07, 6.45) is 1.68.